The third-order valence-electron chi connectivity index (χ3n) is 3.52. The van der Waals surface area contributed by atoms with Gasteiger partial charge < -0.3 is 10.6 Å². The summed E-state index contributed by atoms with van der Waals surface area (Å²) in [7, 11) is -1.46. The molecule has 2 N–H and O–H groups in total. The molecule has 1 heterocycles. The predicted molar refractivity (Wildman–Crippen MR) is 83.2 cm³/mol. The summed E-state index contributed by atoms with van der Waals surface area (Å²) in [5.41, 5.74) is 6.19. The van der Waals surface area contributed by atoms with Gasteiger partial charge in [-0.1, -0.05) is 24.4 Å². The van der Waals surface area contributed by atoms with Gasteiger partial charge in [-0.05, 0) is 26.1 Å². The standard InChI is InChI=1S/C13H19N3O2S2/c1-10-9-15(2)7-8-16(10)20(17,18)12-5-3-11(4-6-12)13(14)19/h3-6,10H,7-9H2,1-2H3,(H2,14,19). The van der Waals surface area contributed by atoms with E-state index in [1.165, 1.54) is 0 Å². The number of nitrogens with zero attached hydrogens (tertiary/aromatic N) is 2. The van der Waals surface area contributed by atoms with Crippen LogP contribution in [0.3, 0.4) is 0 Å². The molecule has 1 unspecified atom stereocenters. The molecule has 7 heteroatoms. The molecule has 1 fully saturated rings. The highest BCUT2D eigenvalue weighted by Gasteiger charge is 2.32. The van der Waals surface area contributed by atoms with E-state index in [9.17, 15) is 8.42 Å². The first kappa shape index (κ1) is 15.4. The zero-order valence-corrected chi connectivity index (χ0v) is 13.2. The molecule has 110 valence electrons. The number of hydrogen-bond acceptors (Lipinski definition) is 4. The van der Waals surface area contributed by atoms with Crippen molar-refractivity contribution in [2.45, 2.75) is 17.9 Å². The van der Waals surface area contributed by atoms with E-state index >= 15 is 0 Å². The van der Waals surface area contributed by atoms with Crippen LogP contribution in [-0.4, -0.2) is 55.3 Å². The van der Waals surface area contributed by atoms with Gasteiger partial charge in [0.1, 0.15) is 4.99 Å². The Morgan fingerprint density at radius 2 is 1.90 bits per heavy atom. The molecular weight excluding hydrogens is 294 g/mol. The van der Waals surface area contributed by atoms with E-state index in [0.29, 0.717) is 12.1 Å². The fourth-order valence-electron chi connectivity index (χ4n) is 2.41. The van der Waals surface area contributed by atoms with Gasteiger partial charge in [0.05, 0.1) is 4.90 Å². The van der Waals surface area contributed by atoms with Gasteiger partial charge in [-0.15, -0.1) is 0 Å². The summed E-state index contributed by atoms with van der Waals surface area (Å²) >= 11 is 4.87. The molecule has 1 saturated heterocycles. The Morgan fingerprint density at radius 1 is 1.30 bits per heavy atom. The Labute approximate surface area is 125 Å². The molecule has 0 aliphatic carbocycles. The fourth-order valence-corrected chi connectivity index (χ4v) is 4.16. The number of piperazine rings is 1. The number of hydrogen-bond donors (Lipinski definition) is 1. The summed E-state index contributed by atoms with van der Waals surface area (Å²) in [6.07, 6.45) is 0. The average molecular weight is 313 g/mol. The third-order valence-corrected chi connectivity index (χ3v) is 5.78. The van der Waals surface area contributed by atoms with Crippen molar-refractivity contribution in [2.75, 3.05) is 26.7 Å². The van der Waals surface area contributed by atoms with Crippen molar-refractivity contribution in [3.63, 3.8) is 0 Å². The molecule has 20 heavy (non-hydrogen) atoms. The van der Waals surface area contributed by atoms with Crippen LogP contribution < -0.4 is 5.73 Å². The second-order valence-electron chi connectivity index (χ2n) is 5.12. The van der Waals surface area contributed by atoms with Crippen LogP contribution in [0.4, 0.5) is 0 Å². The number of rotatable bonds is 3. The maximum atomic E-state index is 12.6. The minimum Gasteiger partial charge on any atom is -0.389 e. The largest absolute Gasteiger partial charge is 0.389 e. The van der Waals surface area contributed by atoms with Gasteiger partial charge in [-0.3, -0.25) is 0 Å². The summed E-state index contributed by atoms with van der Waals surface area (Å²) in [4.78, 5) is 2.68. The minimum atomic E-state index is -3.45. The van der Waals surface area contributed by atoms with Gasteiger partial charge in [0.2, 0.25) is 10.0 Å². The molecule has 0 amide bonds. The first-order valence-corrected chi connectivity index (χ1v) is 8.27. The van der Waals surface area contributed by atoms with Crippen LogP contribution >= 0.6 is 12.2 Å². The molecule has 0 radical (unpaired) electrons. The maximum absolute atomic E-state index is 12.6. The SMILES string of the molecule is CC1CN(C)CCN1S(=O)(=O)c1ccc(C(N)=S)cc1. The second kappa shape index (κ2) is 5.77. The lowest BCUT2D eigenvalue weighted by Crippen LogP contribution is -2.52. The predicted octanol–water partition coefficient (Wildman–Crippen LogP) is 0.645. The second-order valence-corrected chi connectivity index (χ2v) is 7.45. The first-order chi connectivity index (χ1) is 9.32. The molecule has 1 aliphatic heterocycles. The summed E-state index contributed by atoms with van der Waals surface area (Å²) in [5, 5.41) is 0. The monoisotopic (exact) mass is 313 g/mol. The van der Waals surface area contributed by atoms with E-state index in [1.807, 2.05) is 14.0 Å². The minimum absolute atomic E-state index is 0.0333. The number of likely N-dealkylation sites (N-methyl/N-ethyl adjacent to an activating group) is 1. The van der Waals surface area contributed by atoms with E-state index in [2.05, 4.69) is 4.90 Å². The third kappa shape index (κ3) is 3.01. The van der Waals surface area contributed by atoms with Gasteiger partial charge in [0, 0.05) is 31.2 Å². The highest BCUT2D eigenvalue weighted by Crippen LogP contribution is 2.21. The maximum Gasteiger partial charge on any atom is 0.243 e. The molecule has 2 rings (SSSR count). The van der Waals surface area contributed by atoms with Crippen molar-refractivity contribution >= 4 is 27.2 Å². The van der Waals surface area contributed by atoms with E-state index in [-0.39, 0.29) is 15.9 Å². The summed E-state index contributed by atoms with van der Waals surface area (Å²) in [6.45, 7) is 3.92. The molecule has 0 bridgehead atoms. The number of benzene rings is 1. The zero-order valence-electron chi connectivity index (χ0n) is 11.6. The molecule has 0 aromatic heterocycles. The van der Waals surface area contributed by atoms with Gasteiger partial charge in [0.25, 0.3) is 0 Å². The molecular formula is C13H19N3O2S2. The Kier molecular flexibility index (Phi) is 4.43. The number of sulfonamides is 1. The molecule has 0 spiro atoms. The molecule has 1 atom stereocenters. The lowest BCUT2D eigenvalue weighted by Gasteiger charge is -2.37. The van der Waals surface area contributed by atoms with E-state index < -0.39 is 10.0 Å². The van der Waals surface area contributed by atoms with Crippen LogP contribution in [0.1, 0.15) is 12.5 Å². The normalized spacial score (nSPS) is 21.8. The molecule has 5 nitrogen and oxygen atoms in total. The Hall–Kier alpha value is -1.02. The van der Waals surface area contributed by atoms with Gasteiger partial charge >= 0.3 is 0 Å². The van der Waals surface area contributed by atoms with Crippen LogP contribution in [0.5, 0.6) is 0 Å². The van der Waals surface area contributed by atoms with E-state index in [0.717, 1.165) is 13.1 Å². The Morgan fingerprint density at radius 3 is 2.40 bits per heavy atom. The zero-order chi connectivity index (χ0) is 14.9. The van der Waals surface area contributed by atoms with Crippen molar-refractivity contribution in [2.24, 2.45) is 5.73 Å². The molecule has 1 aromatic carbocycles. The molecule has 0 saturated carbocycles. The lowest BCUT2D eigenvalue weighted by molar-refractivity contribution is 0.170. The van der Waals surface area contributed by atoms with Crippen molar-refractivity contribution in [1.82, 2.24) is 9.21 Å². The average Bonchev–Trinajstić information content (AvgIpc) is 2.38. The first-order valence-electron chi connectivity index (χ1n) is 6.42. The summed E-state index contributed by atoms with van der Waals surface area (Å²) in [6, 6.07) is 6.39. The van der Waals surface area contributed by atoms with Gasteiger partial charge in [-0.2, -0.15) is 4.31 Å². The van der Waals surface area contributed by atoms with Crippen LogP contribution in [0.15, 0.2) is 29.2 Å². The highest BCUT2D eigenvalue weighted by atomic mass is 32.2. The van der Waals surface area contributed by atoms with Crippen molar-refractivity contribution in [3.8, 4) is 0 Å². The fraction of sp³-hybridized carbons (Fsp3) is 0.462. The van der Waals surface area contributed by atoms with Crippen LogP contribution in [0.25, 0.3) is 0 Å². The molecule has 1 aromatic rings. The highest BCUT2D eigenvalue weighted by molar-refractivity contribution is 7.89. The van der Waals surface area contributed by atoms with E-state index in [4.69, 9.17) is 18.0 Å². The van der Waals surface area contributed by atoms with E-state index in [1.54, 1.807) is 28.6 Å². The van der Waals surface area contributed by atoms with Crippen LogP contribution in [0.2, 0.25) is 0 Å². The molecule has 1 aliphatic rings. The number of thiocarbonyl (C=S) groups is 1. The smallest absolute Gasteiger partial charge is 0.243 e. The Balaban J connectivity index is 2.28. The summed E-state index contributed by atoms with van der Waals surface area (Å²) in [5.74, 6) is 0. The summed E-state index contributed by atoms with van der Waals surface area (Å²) < 4.78 is 26.8. The lowest BCUT2D eigenvalue weighted by atomic mass is 10.2. The quantitative estimate of drug-likeness (QED) is 0.830. The van der Waals surface area contributed by atoms with Gasteiger partial charge in [0.15, 0.2) is 0 Å². The van der Waals surface area contributed by atoms with Gasteiger partial charge in [-0.25, -0.2) is 8.42 Å². The van der Waals surface area contributed by atoms with Crippen LogP contribution in [0, 0.1) is 0 Å². The number of nitrogens with two attached hydrogens (primary N) is 1. The van der Waals surface area contributed by atoms with Crippen molar-refractivity contribution < 1.29 is 8.42 Å². The topological polar surface area (TPSA) is 66.6 Å². The Bertz CT molecular complexity index is 599. The van der Waals surface area contributed by atoms with Crippen molar-refractivity contribution in [1.29, 1.82) is 0 Å². The van der Waals surface area contributed by atoms with Crippen LogP contribution in [-0.2, 0) is 10.0 Å². The van der Waals surface area contributed by atoms with Crippen molar-refractivity contribution in [3.05, 3.63) is 29.8 Å².